The Kier molecular flexibility index (Phi) is 10.4. The minimum atomic E-state index is -0.986. The Bertz CT molecular complexity index is 1410. The number of carbonyl (C=O) groups is 3. The van der Waals surface area contributed by atoms with Crippen LogP contribution in [-0.2, 0) is 30.3 Å². The summed E-state index contributed by atoms with van der Waals surface area (Å²) >= 11 is 0. The number of carbonyl (C=O) groups excluding carboxylic acids is 3. The van der Waals surface area contributed by atoms with E-state index in [-0.39, 0.29) is 41.7 Å². The van der Waals surface area contributed by atoms with Gasteiger partial charge in [-0.2, -0.15) is 5.26 Å². The molecule has 0 radical (unpaired) electrons. The zero-order valence-corrected chi connectivity index (χ0v) is 23.8. The first kappa shape index (κ1) is 30.6. The van der Waals surface area contributed by atoms with Crippen molar-refractivity contribution in [2.24, 2.45) is 5.73 Å². The summed E-state index contributed by atoms with van der Waals surface area (Å²) in [6.07, 6.45) is 1.25. The lowest BCUT2D eigenvalue weighted by atomic mass is 9.80. The maximum absolute atomic E-state index is 13.5. The molecule has 0 saturated carbocycles. The Morgan fingerprint density at radius 1 is 1.05 bits per heavy atom. The van der Waals surface area contributed by atoms with Crippen LogP contribution in [0.2, 0.25) is 0 Å². The second-order valence-corrected chi connectivity index (χ2v) is 9.05. The molecule has 0 aromatic heterocycles. The molecule has 1 heterocycles. The van der Waals surface area contributed by atoms with Crippen molar-refractivity contribution >= 4 is 23.5 Å². The Hall–Kier alpha value is -4.98. The third-order valence-electron chi connectivity index (χ3n) is 6.47. The summed E-state index contributed by atoms with van der Waals surface area (Å²) in [7, 11) is 3.88. The largest absolute Gasteiger partial charge is 0.493 e. The highest BCUT2D eigenvalue weighted by molar-refractivity contribution is 6.06. The highest BCUT2D eigenvalue weighted by Gasteiger charge is 2.43. The van der Waals surface area contributed by atoms with Crippen LogP contribution in [0.1, 0.15) is 37.3 Å². The number of nitrogens with two attached hydrogens (primary N) is 1. The van der Waals surface area contributed by atoms with Crippen molar-refractivity contribution in [3.8, 4) is 17.6 Å². The van der Waals surface area contributed by atoms with Crippen LogP contribution in [0.3, 0.4) is 0 Å². The molecule has 0 bridgehead atoms. The third-order valence-corrected chi connectivity index (χ3v) is 6.47. The van der Waals surface area contributed by atoms with Crippen LogP contribution in [-0.4, -0.2) is 52.3 Å². The van der Waals surface area contributed by atoms with Crippen molar-refractivity contribution in [2.75, 3.05) is 39.4 Å². The van der Waals surface area contributed by atoms with Gasteiger partial charge in [0.1, 0.15) is 18.1 Å². The molecule has 1 unspecified atom stereocenters. The first-order valence-corrected chi connectivity index (χ1v) is 13.0. The van der Waals surface area contributed by atoms with E-state index in [9.17, 15) is 19.6 Å². The molecule has 11 nitrogen and oxygen atoms in total. The number of benzene rings is 2. The Morgan fingerprint density at radius 2 is 1.73 bits per heavy atom. The van der Waals surface area contributed by atoms with Crippen molar-refractivity contribution in [1.82, 2.24) is 5.32 Å². The number of hydrogen-bond acceptors (Lipinski definition) is 10. The number of allylic oxidation sites excluding steroid dienone is 1. The minimum absolute atomic E-state index is 0.0515. The van der Waals surface area contributed by atoms with Crippen molar-refractivity contribution in [1.29, 1.82) is 5.26 Å². The Morgan fingerprint density at radius 3 is 2.29 bits per heavy atom. The number of methoxy groups -OCH3 is 3. The fourth-order valence-electron chi connectivity index (χ4n) is 4.69. The van der Waals surface area contributed by atoms with Gasteiger partial charge in [-0.25, -0.2) is 9.59 Å². The second kappa shape index (κ2) is 13.9. The van der Waals surface area contributed by atoms with Crippen LogP contribution in [0.15, 0.2) is 65.1 Å². The molecule has 0 saturated heterocycles. The lowest BCUT2D eigenvalue weighted by Gasteiger charge is -2.37. The Balaban J connectivity index is 2.36. The molecule has 1 aliphatic rings. The molecule has 0 fully saturated rings. The normalized spacial score (nSPS) is 14.7. The third kappa shape index (κ3) is 6.44. The fourth-order valence-corrected chi connectivity index (χ4v) is 4.69. The molecular formula is C30H34N4O7. The molecule has 3 N–H and O–H groups in total. The van der Waals surface area contributed by atoms with Crippen LogP contribution in [0, 0.1) is 11.3 Å². The molecule has 0 spiro atoms. The molecule has 1 amide bonds. The van der Waals surface area contributed by atoms with E-state index in [1.165, 1.54) is 33.2 Å². The summed E-state index contributed by atoms with van der Waals surface area (Å²) in [4.78, 5) is 39.5. The first-order valence-electron chi connectivity index (χ1n) is 13.0. The smallest absolute Gasteiger partial charge is 0.355 e. The summed E-state index contributed by atoms with van der Waals surface area (Å²) in [5, 5.41) is 13.0. The molecule has 41 heavy (non-hydrogen) atoms. The SMILES string of the molecule is CCCc1cc(OC)c(OCCNC(C)=O)cc1N1C(N)=C(C#N)C(c2ccccc2)C(C(=O)OC)=C1C(=O)OC. The van der Waals surface area contributed by atoms with E-state index in [2.05, 4.69) is 11.4 Å². The number of aryl methyl sites for hydroxylation is 1. The number of anilines is 1. The number of esters is 2. The zero-order valence-electron chi connectivity index (χ0n) is 23.8. The van der Waals surface area contributed by atoms with Gasteiger partial charge in [0, 0.05) is 13.0 Å². The second-order valence-electron chi connectivity index (χ2n) is 9.05. The Labute approximate surface area is 239 Å². The molecule has 2 aromatic rings. The molecule has 1 aliphatic heterocycles. The summed E-state index contributed by atoms with van der Waals surface area (Å²) in [6, 6.07) is 14.3. The van der Waals surface area contributed by atoms with Gasteiger partial charge < -0.3 is 30.0 Å². The molecule has 2 aromatic carbocycles. The van der Waals surface area contributed by atoms with Crippen LogP contribution in [0.25, 0.3) is 0 Å². The van der Waals surface area contributed by atoms with Gasteiger partial charge in [0.15, 0.2) is 11.5 Å². The quantitative estimate of drug-likeness (QED) is 0.309. The van der Waals surface area contributed by atoms with Gasteiger partial charge in [-0.15, -0.1) is 0 Å². The monoisotopic (exact) mass is 562 g/mol. The topological polar surface area (TPSA) is 153 Å². The number of nitrogens with zero attached hydrogens (tertiary/aromatic N) is 2. The van der Waals surface area contributed by atoms with E-state index < -0.39 is 17.9 Å². The molecule has 216 valence electrons. The minimum Gasteiger partial charge on any atom is -0.493 e. The highest BCUT2D eigenvalue weighted by Crippen LogP contribution is 2.46. The van der Waals surface area contributed by atoms with Crippen LogP contribution in [0.4, 0.5) is 5.69 Å². The number of ether oxygens (including phenoxy) is 4. The predicted molar refractivity (Wildman–Crippen MR) is 151 cm³/mol. The van der Waals surface area contributed by atoms with E-state index in [1.807, 2.05) is 6.92 Å². The highest BCUT2D eigenvalue weighted by atomic mass is 16.5. The van der Waals surface area contributed by atoms with Crippen molar-refractivity contribution in [2.45, 2.75) is 32.6 Å². The van der Waals surface area contributed by atoms with Gasteiger partial charge >= 0.3 is 11.9 Å². The van der Waals surface area contributed by atoms with Crippen molar-refractivity contribution in [3.63, 3.8) is 0 Å². The van der Waals surface area contributed by atoms with Crippen LogP contribution >= 0.6 is 0 Å². The average Bonchev–Trinajstić information content (AvgIpc) is 2.98. The number of rotatable bonds is 11. The molecule has 1 atom stereocenters. The van der Waals surface area contributed by atoms with Crippen molar-refractivity contribution in [3.05, 3.63) is 76.3 Å². The first-order chi connectivity index (χ1) is 19.7. The molecular weight excluding hydrogens is 528 g/mol. The lowest BCUT2D eigenvalue weighted by molar-refractivity contribution is -0.139. The summed E-state index contributed by atoms with van der Waals surface area (Å²) in [5.41, 5.74) is 8.13. The summed E-state index contributed by atoms with van der Waals surface area (Å²) in [6.45, 7) is 3.75. The van der Waals surface area contributed by atoms with Gasteiger partial charge in [-0.3, -0.25) is 9.69 Å². The van der Waals surface area contributed by atoms with Gasteiger partial charge in [-0.05, 0) is 23.6 Å². The molecule has 0 aliphatic carbocycles. The number of nitriles is 1. The van der Waals surface area contributed by atoms with Crippen LogP contribution < -0.4 is 25.4 Å². The lowest BCUT2D eigenvalue weighted by Crippen LogP contribution is -2.41. The standard InChI is InChI=1S/C30H34N4O7/c1-6-10-20-15-23(38-3)24(41-14-13-33-18(2)35)16-22(20)34-27(30(37)40-5)26(29(36)39-4)25(21(17-31)28(34)32)19-11-8-7-9-12-19/h7-9,11-12,15-16,25H,6,10,13-14,32H2,1-5H3,(H,33,35). The van der Waals surface area contributed by atoms with E-state index in [0.717, 1.165) is 6.42 Å². The maximum atomic E-state index is 13.5. The zero-order chi connectivity index (χ0) is 30.1. The molecule has 11 heteroatoms. The van der Waals surface area contributed by atoms with Gasteiger partial charge in [0.25, 0.3) is 0 Å². The van der Waals surface area contributed by atoms with Gasteiger partial charge in [-0.1, -0.05) is 43.7 Å². The number of hydrogen-bond donors (Lipinski definition) is 2. The number of amides is 1. The van der Waals surface area contributed by atoms with E-state index in [0.29, 0.717) is 34.7 Å². The molecule has 3 rings (SSSR count). The average molecular weight is 563 g/mol. The maximum Gasteiger partial charge on any atom is 0.355 e. The van der Waals surface area contributed by atoms with Crippen LogP contribution in [0.5, 0.6) is 11.5 Å². The summed E-state index contributed by atoms with van der Waals surface area (Å²) < 4.78 is 21.8. The van der Waals surface area contributed by atoms with E-state index >= 15 is 0 Å². The van der Waals surface area contributed by atoms with Gasteiger partial charge in [0.05, 0.1) is 56.7 Å². The fraction of sp³-hybridized carbons (Fsp3) is 0.333. The number of nitrogens with one attached hydrogen (secondary N) is 1. The van der Waals surface area contributed by atoms with Crippen molar-refractivity contribution < 1.29 is 33.3 Å². The van der Waals surface area contributed by atoms with E-state index in [1.54, 1.807) is 42.5 Å². The van der Waals surface area contributed by atoms with E-state index in [4.69, 9.17) is 24.7 Å². The predicted octanol–water partition coefficient (Wildman–Crippen LogP) is 3.06. The summed E-state index contributed by atoms with van der Waals surface area (Å²) in [5.74, 6) is -2.20. The van der Waals surface area contributed by atoms with Gasteiger partial charge in [0.2, 0.25) is 5.91 Å².